The summed E-state index contributed by atoms with van der Waals surface area (Å²) in [5, 5.41) is 0.592. The zero-order valence-electron chi connectivity index (χ0n) is 7.84. The maximum absolute atomic E-state index is 5.99. The van der Waals surface area contributed by atoms with Crippen molar-refractivity contribution in [2.24, 2.45) is 0 Å². The Bertz CT molecular complexity index is 372. The standard InChI is InChI=1S/C11H10ClO2/c1-13-11-7-10-8(6-9(11)12)4-2-3-5-14-10/h4,6-7H,3,5H2,1H3. The van der Waals surface area contributed by atoms with Gasteiger partial charge in [-0.3, -0.25) is 0 Å². The Morgan fingerprint density at radius 1 is 1.50 bits per heavy atom. The van der Waals surface area contributed by atoms with E-state index in [-0.39, 0.29) is 0 Å². The van der Waals surface area contributed by atoms with Crippen LogP contribution in [0.4, 0.5) is 0 Å². The third-order valence-corrected chi connectivity index (χ3v) is 2.34. The van der Waals surface area contributed by atoms with E-state index in [1.54, 1.807) is 13.2 Å². The highest BCUT2D eigenvalue weighted by Gasteiger charge is 2.10. The Kier molecular flexibility index (Phi) is 2.64. The largest absolute Gasteiger partial charge is 0.495 e. The molecule has 2 rings (SSSR count). The Hall–Kier alpha value is -1.15. The molecule has 1 aliphatic heterocycles. The summed E-state index contributed by atoms with van der Waals surface area (Å²) in [7, 11) is 1.59. The number of hydrogen-bond acceptors (Lipinski definition) is 2. The van der Waals surface area contributed by atoms with E-state index in [1.807, 2.05) is 12.1 Å². The molecule has 0 aromatic heterocycles. The van der Waals surface area contributed by atoms with Crippen LogP contribution in [0.25, 0.3) is 6.08 Å². The molecule has 2 nitrogen and oxygen atoms in total. The van der Waals surface area contributed by atoms with Crippen molar-refractivity contribution in [3.63, 3.8) is 0 Å². The van der Waals surface area contributed by atoms with E-state index < -0.39 is 0 Å². The first-order chi connectivity index (χ1) is 6.81. The lowest BCUT2D eigenvalue weighted by molar-refractivity contribution is 0.322. The van der Waals surface area contributed by atoms with Crippen LogP contribution < -0.4 is 9.47 Å². The summed E-state index contributed by atoms with van der Waals surface area (Å²) in [5.41, 5.74) is 0.952. The van der Waals surface area contributed by atoms with Crippen molar-refractivity contribution in [3.05, 3.63) is 28.8 Å². The van der Waals surface area contributed by atoms with Crippen molar-refractivity contribution < 1.29 is 9.47 Å². The lowest BCUT2D eigenvalue weighted by Crippen LogP contribution is -1.96. The Labute approximate surface area is 88.1 Å². The van der Waals surface area contributed by atoms with Crippen LogP contribution in [0.1, 0.15) is 12.0 Å². The first kappa shape index (κ1) is 9.41. The average molecular weight is 210 g/mol. The summed E-state index contributed by atoms with van der Waals surface area (Å²) in [5.74, 6) is 1.44. The molecule has 0 amide bonds. The maximum Gasteiger partial charge on any atom is 0.141 e. The highest BCUT2D eigenvalue weighted by Crippen LogP contribution is 2.34. The van der Waals surface area contributed by atoms with E-state index in [4.69, 9.17) is 21.1 Å². The van der Waals surface area contributed by atoms with Crippen molar-refractivity contribution in [3.8, 4) is 11.5 Å². The van der Waals surface area contributed by atoms with Gasteiger partial charge in [-0.2, -0.15) is 0 Å². The lowest BCUT2D eigenvalue weighted by atomic mass is 10.2. The van der Waals surface area contributed by atoms with Crippen LogP contribution in [-0.4, -0.2) is 13.7 Å². The molecular formula is C11H10ClO2. The van der Waals surface area contributed by atoms with Gasteiger partial charge in [-0.1, -0.05) is 11.6 Å². The van der Waals surface area contributed by atoms with Gasteiger partial charge in [-0.05, 0) is 18.2 Å². The molecule has 0 aliphatic carbocycles. The van der Waals surface area contributed by atoms with Gasteiger partial charge in [0.2, 0.25) is 0 Å². The third kappa shape index (κ3) is 1.70. The molecule has 0 bridgehead atoms. The molecule has 0 fully saturated rings. The van der Waals surface area contributed by atoms with Crippen LogP contribution in [0.3, 0.4) is 0 Å². The van der Waals surface area contributed by atoms with Gasteiger partial charge in [0.05, 0.1) is 18.7 Å². The highest BCUT2D eigenvalue weighted by atomic mass is 35.5. The maximum atomic E-state index is 5.99. The Morgan fingerprint density at radius 2 is 2.36 bits per heavy atom. The molecule has 0 saturated heterocycles. The SMILES string of the molecule is COc1cc2c(cc1Cl)C=[C]CCO2. The van der Waals surface area contributed by atoms with Crippen LogP contribution in [0.5, 0.6) is 11.5 Å². The van der Waals surface area contributed by atoms with E-state index >= 15 is 0 Å². The molecular weight excluding hydrogens is 200 g/mol. The summed E-state index contributed by atoms with van der Waals surface area (Å²) in [6.45, 7) is 0.647. The summed E-state index contributed by atoms with van der Waals surface area (Å²) in [6.07, 6.45) is 5.82. The molecule has 73 valence electrons. The molecule has 14 heavy (non-hydrogen) atoms. The van der Waals surface area contributed by atoms with Gasteiger partial charge in [0.1, 0.15) is 11.5 Å². The minimum absolute atomic E-state index is 0.592. The summed E-state index contributed by atoms with van der Waals surface area (Å²) >= 11 is 5.99. The fraction of sp³-hybridized carbons (Fsp3) is 0.273. The quantitative estimate of drug-likeness (QED) is 0.708. The van der Waals surface area contributed by atoms with Crippen molar-refractivity contribution >= 4 is 17.7 Å². The van der Waals surface area contributed by atoms with Crippen molar-refractivity contribution in [2.75, 3.05) is 13.7 Å². The molecule has 1 aromatic rings. The third-order valence-electron chi connectivity index (χ3n) is 2.05. The first-order valence-electron chi connectivity index (χ1n) is 4.38. The van der Waals surface area contributed by atoms with Crippen molar-refractivity contribution in [1.82, 2.24) is 0 Å². The molecule has 1 heterocycles. The highest BCUT2D eigenvalue weighted by molar-refractivity contribution is 6.32. The summed E-state index contributed by atoms with van der Waals surface area (Å²) in [4.78, 5) is 0. The second-order valence-electron chi connectivity index (χ2n) is 2.97. The second kappa shape index (κ2) is 3.93. The molecule has 0 atom stereocenters. The van der Waals surface area contributed by atoms with Crippen molar-refractivity contribution in [1.29, 1.82) is 0 Å². The fourth-order valence-corrected chi connectivity index (χ4v) is 1.60. The molecule has 0 spiro atoms. The Morgan fingerprint density at radius 3 is 3.14 bits per heavy atom. The average Bonchev–Trinajstić information content (AvgIpc) is 2.41. The fourth-order valence-electron chi connectivity index (χ4n) is 1.35. The molecule has 0 unspecified atom stereocenters. The van der Waals surface area contributed by atoms with Gasteiger partial charge in [0.25, 0.3) is 0 Å². The van der Waals surface area contributed by atoms with E-state index in [2.05, 4.69) is 6.08 Å². The second-order valence-corrected chi connectivity index (χ2v) is 3.38. The van der Waals surface area contributed by atoms with Gasteiger partial charge in [0.15, 0.2) is 0 Å². The normalized spacial score (nSPS) is 14.1. The number of hydrogen-bond donors (Lipinski definition) is 0. The number of ether oxygens (including phenoxy) is 2. The molecule has 0 saturated carbocycles. The first-order valence-corrected chi connectivity index (χ1v) is 4.76. The van der Waals surface area contributed by atoms with Crippen LogP contribution in [0.2, 0.25) is 5.02 Å². The summed E-state index contributed by atoms with van der Waals surface area (Å²) in [6, 6.07) is 3.63. The number of halogens is 1. The molecule has 1 aliphatic rings. The topological polar surface area (TPSA) is 18.5 Å². The van der Waals surface area contributed by atoms with Crippen LogP contribution in [-0.2, 0) is 0 Å². The van der Waals surface area contributed by atoms with Crippen LogP contribution in [0.15, 0.2) is 12.1 Å². The minimum Gasteiger partial charge on any atom is -0.495 e. The van der Waals surface area contributed by atoms with E-state index in [0.717, 1.165) is 17.7 Å². The van der Waals surface area contributed by atoms with E-state index in [1.165, 1.54) is 0 Å². The number of methoxy groups -OCH3 is 1. The van der Waals surface area contributed by atoms with Crippen molar-refractivity contribution in [2.45, 2.75) is 6.42 Å². The number of fused-ring (bicyclic) bond motifs is 1. The zero-order valence-corrected chi connectivity index (χ0v) is 8.60. The van der Waals surface area contributed by atoms with Gasteiger partial charge >= 0.3 is 0 Å². The molecule has 1 radical (unpaired) electrons. The molecule has 0 N–H and O–H groups in total. The van der Waals surface area contributed by atoms with Gasteiger partial charge in [0, 0.05) is 18.1 Å². The lowest BCUT2D eigenvalue weighted by Gasteiger charge is -2.09. The predicted molar refractivity (Wildman–Crippen MR) is 55.8 cm³/mol. The summed E-state index contributed by atoms with van der Waals surface area (Å²) < 4.78 is 10.6. The number of rotatable bonds is 1. The zero-order chi connectivity index (χ0) is 9.97. The molecule has 3 heteroatoms. The van der Waals surface area contributed by atoms with Gasteiger partial charge in [-0.15, -0.1) is 0 Å². The molecule has 1 aromatic carbocycles. The monoisotopic (exact) mass is 209 g/mol. The van der Waals surface area contributed by atoms with Gasteiger partial charge in [-0.25, -0.2) is 0 Å². The Balaban J connectivity index is 2.49. The minimum atomic E-state index is 0.592. The van der Waals surface area contributed by atoms with E-state index in [0.29, 0.717) is 17.4 Å². The number of benzene rings is 1. The van der Waals surface area contributed by atoms with Crippen LogP contribution in [0, 0.1) is 6.08 Å². The van der Waals surface area contributed by atoms with E-state index in [9.17, 15) is 0 Å². The van der Waals surface area contributed by atoms with Crippen LogP contribution >= 0.6 is 11.6 Å². The van der Waals surface area contributed by atoms with Gasteiger partial charge < -0.3 is 9.47 Å². The smallest absolute Gasteiger partial charge is 0.141 e. The predicted octanol–water partition coefficient (Wildman–Crippen LogP) is 2.95.